The highest BCUT2D eigenvalue weighted by Crippen LogP contribution is 2.33. The second-order valence-electron chi connectivity index (χ2n) is 6.94. The van der Waals surface area contributed by atoms with Crippen LogP contribution in [0.3, 0.4) is 0 Å². The normalized spacial score (nSPS) is 30.6. The fraction of sp³-hybridized carbons (Fsp3) is 0.400. The van der Waals surface area contributed by atoms with Gasteiger partial charge in [-0.2, -0.15) is 8.42 Å². The predicted octanol–water partition coefficient (Wildman–Crippen LogP) is 1.94. The maximum absolute atomic E-state index is 12.5. The third kappa shape index (κ3) is 3.98. The summed E-state index contributed by atoms with van der Waals surface area (Å²) in [4.78, 5) is 0.0301. The van der Waals surface area contributed by atoms with Gasteiger partial charge in [0.15, 0.2) is 6.29 Å². The molecule has 2 aliphatic heterocycles. The van der Waals surface area contributed by atoms with Gasteiger partial charge in [0.05, 0.1) is 18.1 Å². The molecular formula is C20H22O7S. The summed E-state index contributed by atoms with van der Waals surface area (Å²) in [7, 11) is -4.04. The second kappa shape index (κ2) is 7.90. The van der Waals surface area contributed by atoms with Crippen LogP contribution >= 0.6 is 0 Å². The van der Waals surface area contributed by atoms with Gasteiger partial charge in [0.1, 0.15) is 24.4 Å². The van der Waals surface area contributed by atoms with Crippen LogP contribution in [0.15, 0.2) is 59.5 Å². The molecule has 5 atom stereocenters. The first-order valence-electron chi connectivity index (χ1n) is 9.06. The van der Waals surface area contributed by atoms with Crippen molar-refractivity contribution in [3.05, 3.63) is 65.7 Å². The van der Waals surface area contributed by atoms with Gasteiger partial charge in [0, 0.05) is 5.56 Å². The van der Waals surface area contributed by atoms with E-state index in [1.807, 2.05) is 37.3 Å². The fourth-order valence-corrected chi connectivity index (χ4v) is 4.39. The topological polar surface area (TPSA) is 91.3 Å². The minimum absolute atomic E-state index is 0.0301. The van der Waals surface area contributed by atoms with E-state index in [2.05, 4.69) is 0 Å². The largest absolute Gasteiger partial charge is 0.387 e. The molecule has 8 heteroatoms. The first-order chi connectivity index (χ1) is 13.4. The van der Waals surface area contributed by atoms with Crippen LogP contribution in [0.1, 0.15) is 17.4 Å². The van der Waals surface area contributed by atoms with Crippen LogP contribution in [0.25, 0.3) is 0 Å². The number of rotatable bonds is 4. The molecule has 0 aromatic heterocycles. The average Bonchev–Trinajstić information content (AvgIpc) is 2.71. The number of aliphatic hydroxyl groups excluding tert-OH is 1. The summed E-state index contributed by atoms with van der Waals surface area (Å²) >= 11 is 0. The van der Waals surface area contributed by atoms with Crippen LogP contribution in [-0.4, -0.2) is 51.2 Å². The molecule has 1 N–H and O–H groups in total. The molecule has 2 saturated heterocycles. The Labute approximate surface area is 163 Å². The Bertz CT molecular complexity index is 898. The van der Waals surface area contributed by atoms with Crippen molar-refractivity contribution in [1.82, 2.24) is 0 Å². The van der Waals surface area contributed by atoms with E-state index in [0.29, 0.717) is 0 Å². The second-order valence-corrected chi connectivity index (χ2v) is 8.51. The Hall–Kier alpha value is -1.81. The molecule has 0 aliphatic carbocycles. The summed E-state index contributed by atoms with van der Waals surface area (Å²) in [6, 6.07) is 15.6. The van der Waals surface area contributed by atoms with Crippen molar-refractivity contribution in [2.45, 2.75) is 42.5 Å². The van der Waals surface area contributed by atoms with Crippen molar-refractivity contribution in [3.63, 3.8) is 0 Å². The first kappa shape index (κ1) is 19.5. The molecule has 0 bridgehead atoms. The van der Waals surface area contributed by atoms with Crippen molar-refractivity contribution in [1.29, 1.82) is 0 Å². The summed E-state index contributed by atoms with van der Waals surface area (Å²) in [5.41, 5.74) is 1.74. The van der Waals surface area contributed by atoms with Gasteiger partial charge in [0.2, 0.25) is 0 Å². The van der Waals surface area contributed by atoms with Crippen molar-refractivity contribution < 1.29 is 31.9 Å². The minimum atomic E-state index is -4.04. The maximum Gasteiger partial charge on any atom is 0.297 e. The Morgan fingerprint density at radius 1 is 1.00 bits per heavy atom. The highest BCUT2D eigenvalue weighted by Gasteiger charge is 2.47. The lowest BCUT2D eigenvalue weighted by atomic mass is 9.99. The maximum atomic E-state index is 12.5. The predicted molar refractivity (Wildman–Crippen MR) is 99.0 cm³/mol. The molecule has 0 saturated carbocycles. The molecule has 0 radical (unpaired) electrons. The van der Waals surface area contributed by atoms with Gasteiger partial charge in [-0.25, -0.2) is 0 Å². The Morgan fingerprint density at radius 3 is 2.43 bits per heavy atom. The van der Waals surface area contributed by atoms with Gasteiger partial charge in [-0.3, -0.25) is 4.18 Å². The highest BCUT2D eigenvalue weighted by molar-refractivity contribution is 7.86. The third-order valence-corrected chi connectivity index (χ3v) is 6.23. The quantitative estimate of drug-likeness (QED) is 0.776. The molecule has 0 spiro atoms. The fourth-order valence-electron chi connectivity index (χ4n) is 3.31. The molecule has 2 aromatic carbocycles. The zero-order valence-corrected chi connectivity index (χ0v) is 16.1. The zero-order valence-electron chi connectivity index (χ0n) is 15.3. The molecule has 2 fully saturated rings. The summed E-state index contributed by atoms with van der Waals surface area (Å²) < 4.78 is 47.6. The van der Waals surface area contributed by atoms with Crippen molar-refractivity contribution >= 4 is 10.1 Å². The lowest BCUT2D eigenvalue weighted by Crippen LogP contribution is -2.59. The van der Waals surface area contributed by atoms with E-state index >= 15 is 0 Å². The van der Waals surface area contributed by atoms with Crippen molar-refractivity contribution in [2.24, 2.45) is 0 Å². The Balaban J connectivity index is 1.48. The van der Waals surface area contributed by atoms with Crippen LogP contribution in [0.4, 0.5) is 0 Å². The van der Waals surface area contributed by atoms with Gasteiger partial charge >= 0.3 is 0 Å². The van der Waals surface area contributed by atoms with E-state index in [0.717, 1.165) is 11.1 Å². The highest BCUT2D eigenvalue weighted by atomic mass is 32.2. The summed E-state index contributed by atoms with van der Waals surface area (Å²) in [6.07, 6.45) is -4.15. The van der Waals surface area contributed by atoms with Crippen molar-refractivity contribution in [3.8, 4) is 0 Å². The number of aryl methyl sites for hydroxylation is 1. The number of benzene rings is 2. The van der Waals surface area contributed by atoms with Gasteiger partial charge in [-0.1, -0.05) is 48.0 Å². The Kier molecular flexibility index (Phi) is 5.50. The van der Waals surface area contributed by atoms with E-state index in [9.17, 15) is 13.5 Å². The lowest BCUT2D eigenvalue weighted by molar-refractivity contribution is -0.311. The molecule has 28 heavy (non-hydrogen) atoms. The van der Waals surface area contributed by atoms with Crippen LogP contribution in [0, 0.1) is 6.92 Å². The molecule has 2 aromatic rings. The summed E-state index contributed by atoms with van der Waals surface area (Å²) in [5, 5.41) is 10.7. The van der Waals surface area contributed by atoms with E-state index < -0.39 is 40.8 Å². The number of hydrogen-bond acceptors (Lipinski definition) is 7. The van der Waals surface area contributed by atoms with Crippen molar-refractivity contribution in [2.75, 3.05) is 13.2 Å². The molecule has 7 nitrogen and oxygen atoms in total. The average molecular weight is 406 g/mol. The molecule has 2 heterocycles. The summed E-state index contributed by atoms with van der Waals surface area (Å²) in [6.45, 7) is 2.02. The number of ether oxygens (including phenoxy) is 3. The van der Waals surface area contributed by atoms with E-state index in [1.165, 1.54) is 12.1 Å². The Morgan fingerprint density at radius 2 is 1.71 bits per heavy atom. The van der Waals surface area contributed by atoms with Gasteiger partial charge in [-0.15, -0.1) is 0 Å². The third-order valence-electron chi connectivity index (χ3n) is 4.88. The van der Waals surface area contributed by atoms with Crippen LogP contribution in [0.5, 0.6) is 0 Å². The molecular weight excluding hydrogens is 384 g/mol. The first-order valence-corrected chi connectivity index (χ1v) is 10.5. The number of hydrogen-bond donors (Lipinski definition) is 1. The van der Waals surface area contributed by atoms with Crippen LogP contribution in [-0.2, 0) is 28.5 Å². The van der Waals surface area contributed by atoms with E-state index in [1.54, 1.807) is 12.1 Å². The number of fused-ring (bicyclic) bond motifs is 1. The van der Waals surface area contributed by atoms with Gasteiger partial charge in [0.25, 0.3) is 10.1 Å². The molecule has 0 amide bonds. The standard InChI is InChI=1S/C20H22O7S/c1-13-7-9-15(10-8-13)28(22,23)27-16-11-24-17-12-25-20(26-19(17)18(16)21)14-5-3-2-4-6-14/h2-10,16-21H,11-12H2,1H3/t16-,17+,18-,19-,20?/m0/s1. The molecule has 1 unspecified atom stereocenters. The van der Waals surface area contributed by atoms with Crippen LogP contribution in [0.2, 0.25) is 0 Å². The zero-order chi connectivity index (χ0) is 19.7. The monoisotopic (exact) mass is 406 g/mol. The SMILES string of the molecule is Cc1ccc(S(=O)(=O)O[C@H]2CO[C@@H]3COC(c4ccccc4)O[C@@H]3[C@H]2O)cc1. The molecule has 4 rings (SSSR count). The van der Waals surface area contributed by atoms with Gasteiger partial charge in [-0.05, 0) is 19.1 Å². The lowest BCUT2D eigenvalue weighted by Gasteiger charge is -2.44. The summed E-state index contributed by atoms with van der Waals surface area (Å²) in [5.74, 6) is 0. The molecule has 150 valence electrons. The minimum Gasteiger partial charge on any atom is -0.387 e. The van der Waals surface area contributed by atoms with Crippen LogP contribution < -0.4 is 0 Å². The van der Waals surface area contributed by atoms with E-state index in [-0.39, 0.29) is 18.1 Å². The number of aliphatic hydroxyl groups is 1. The van der Waals surface area contributed by atoms with Gasteiger partial charge < -0.3 is 19.3 Å². The molecule has 2 aliphatic rings. The smallest absolute Gasteiger partial charge is 0.297 e. The van der Waals surface area contributed by atoms with E-state index in [4.69, 9.17) is 18.4 Å².